The third-order valence-corrected chi connectivity index (χ3v) is 5.43. The summed E-state index contributed by atoms with van der Waals surface area (Å²) >= 11 is 0. The molecule has 0 bridgehead atoms. The number of benzene rings is 3. The molecule has 31 heavy (non-hydrogen) atoms. The van der Waals surface area contributed by atoms with Gasteiger partial charge in [-0.15, -0.1) is 0 Å². The number of aliphatic carboxylic acids is 1. The molecule has 154 valence electrons. The average molecular weight is 409 g/mol. The summed E-state index contributed by atoms with van der Waals surface area (Å²) < 4.78 is 0. The molecule has 0 aliphatic heterocycles. The summed E-state index contributed by atoms with van der Waals surface area (Å²) in [5.74, 6) is -0.953. The van der Waals surface area contributed by atoms with Crippen LogP contribution in [0, 0.1) is 6.92 Å². The van der Waals surface area contributed by atoms with Crippen LogP contribution in [0.4, 0.5) is 0 Å². The molecule has 0 amide bonds. The molecule has 0 atom stereocenters. The Hall–Kier alpha value is -3.92. The molecule has 3 aromatic carbocycles. The van der Waals surface area contributed by atoms with Crippen molar-refractivity contribution in [2.45, 2.75) is 20.3 Å². The molecule has 0 spiro atoms. The number of hydrogen-bond donors (Lipinski definition) is 2. The SMILES string of the molecule is CC/C(=C(/c1ccc(/C=C/C(=O)O)cc1)c1ccc2n[nH]c(C)c2c1)c1ccccc1. The van der Waals surface area contributed by atoms with Gasteiger partial charge in [-0.1, -0.05) is 67.6 Å². The predicted molar refractivity (Wildman–Crippen MR) is 127 cm³/mol. The van der Waals surface area contributed by atoms with Gasteiger partial charge in [0.1, 0.15) is 0 Å². The second-order valence-electron chi connectivity index (χ2n) is 7.45. The minimum atomic E-state index is -0.953. The topological polar surface area (TPSA) is 66.0 Å². The van der Waals surface area contributed by atoms with Crippen LogP contribution in [-0.4, -0.2) is 21.3 Å². The minimum Gasteiger partial charge on any atom is -0.478 e. The highest BCUT2D eigenvalue weighted by atomic mass is 16.4. The molecule has 0 unspecified atom stereocenters. The van der Waals surface area contributed by atoms with Gasteiger partial charge in [-0.2, -0.15) is 5.10 Å². The minimum absolute atomic E-state index is 0.851. The molecule has 4 heteroatoms. The molecule has 0 radical (unpaired) electrons. The van der Waals surface area contributed by atoms with Gasteiger partial charge in [-0.05, 0) is 65.0 Å². The number of allylic oxidation sites excluding steroid dienone is 1. The zero-order valence-corrected chi connectivity index (χ0v) is 17.6. The Morgan fingerprint density at radius 1 is 0.968 bits per heavy atom. The van der Waals surface area contributed by atoms with Gasteiger partial charge >= 0.3 is 5.97 Å². The van der Waals surface area contributed by atoms with Crippen LogP contribution < -0.4 is 0 Å². The number of aryl methyl sites for hydroxylation is 1. The van der Waals surface area contributed by atoms with E-state index in [9.17, 15) is 4.79 Å². The number of fused-ring (bicyclic) bond motifs is 1. The maximum absolute atomic E-state index is 10.8. The number of nitrogens with one attached hydrogen (secondary N) is 1. The first-order valence-electron chi connectivity index (χ1n) is 10.3. The van der Waals surface area contributed by atoms with Gasteiger partial charge in [0.15, 0.2) is 0 Å². The molecular weight excluding hydrogens is 384 g/mol. The van der Waals surface area contributed by atoms with E-state index in [2.05, 4.69) is 71.7 Å². The van der Waals surface area contributed by atoms with Gasteiger partial charge in [0.05, 0.1) is 5.52 Å². The Balaban J connectivity index is 1.91. The Morgan fingerprint density at radius 2 is 1.68 bits per heavy atom. The molecule has 0 saturated heterocycles. The largest absolute Gasteiger partial charge is 0.478 e. The Kier molecular flexibility index (Phi) is 5.80. The maximum atomic E-state index is 10.8. The number of carbonyl (C=O) groups is 1. The number of aromatic nitrogens is 2. The predicted octanol–water partition coefficient (Wildman–Crippen LogP) is 6.34. The van der Waals surface area contributed by atoms with E-state index in [0.29, 0.717) is 0 Å². The van der Waals surface area contributed by atoms with E-state index in [0.717, 1.165) is 45.8 Å². The smallest absolute Gasteiger partial charge is 0.328 e. The third-order valence-electron chi connectivity index (χ3n) is 5.43. The number of hydrogen-bond acceptors (Lipinski definition) is 2. The molecule has 0 saturated carbocycles. The van der Waals surface area contributed by atoms with Gasteiger partial charge in [0, 0.05) is 17.2 Å². The molecular formula is C27H24N2O2. The zero-order valence-electron chi connectivity index (χ0n) is 17.6. The molecule has 4 aromatic rings. The third kappa shape index (κ3) is 4.33. The average Bonchev–Trinajstić information content (AvgIpc) is 3.17. The van der Waals surface area contributed by atoms with Gasteiger partial charge in [-0.25, -0.2) is 4.79 Å². The van der Waals surface area contributed by atoms with Crippen molar-refractivity contribution in [1.82, 2.24) is 10.2 Å². The molecule has 4 nitrogen and oxygen atoms in total. The van der Waals surface area contributed by atoms with Crippen molar-refractivity contribution in [3.05, 3.63) is 107 Å². The first kappa shape index (κ1) is 20.4. The number of rotatable bonds is 6. The second kappa shape index (κ2) is 8.84. The number of nitrogens with zero attached hydrogens (tertiary/aromatic N) is 1. The maximum Gasteiger partial charge on any atom is 0.328 e. The van der Waals surface area contributed by atoms with Gasteiger partial charge < -0.3 is 5.11 Å². The molecule has 0 aliphatic rings. The quantitative estimate of drug-likeness (QED) is 0.289. The second-order valence-corrected chi connectivity index (χ2v) is 7.45. The van der Waals surface area contributed by atoms with Crippen LogP contribution in [0.5, 0.6) is 0 Å². The first-order valence-corrected chi connectivity index (χ1v) is 10.3. The summed E-state index contributed by atoms with van der Waals surface area (Å²) in [5, 5.41) is 17.4. The lowest BCUT2D eigenvalue weighted by molar-refractivity contribution is -0.131. The van der Waals surface area contributed by atoms with Crippen LogP contribution in [0.15, 0.2) is 78.9 Å². The number of aromatic amines is 1. The van der Waals surface area contributed by atoms with Crippen molar-refractivity contribution < 1.29 is 9.90 Å². The van der Waals surface area contributed by atoms with Crippen molar-refractivity contribution in [3.8, 4) is 0 Å². The summed E-state index contributed by atoms with van der Waals surface area (Å²) in [7, 11) is 0. The molecule has 2 N–H and O–H groups in total. The molecule has 0 aliphatic carbocycles. The van der Waals surface area contributed by atoms with E-state index >= 15 is 0 Å². The summed E-state index contributed by atoms with van der Waals surface area (Å²) in [6, 6.07) is 24.8. The van der Waals surface area contributed by atoms with Gasteiger partial charge in [0.2, 0.25) is 0 Å². The zero-order chi connectivity index (χ0) is 21.8. The monoisotopic (exact) mass is 408 g/mol. The highest BCUT2D eigenvalue weighted by Gasteiger charge is 2.14. The van der Waals surface area contributed by atoms with Crippen LogP contribution in [-0.2, 0) is 4.79 Å². The summed E-state index contributed by atoms with van der Waals surface area (Å²) in [6.07, 6.45) is 3.64. The van der Waals surface area contributed by atoms with Crippen molar-refractivity contribution in [3.63, 3.8) is 0 Å². The first-order chi connectivity index (χ1) is 15.1. The fourth-order valence-electron chi connectivity index (χ4n) is 3.90. The van der Waals surface area contributed by atoms with E-state index in [1.54, 1.807) is 6.08 Å². The van der Waals surface area contributed by atoms with E-state index in [1.165, 1.54) is 16.7 Å². The van der Waals surface area contributed by atoms with Crippen LogP contribution in [0.1, 0.15) is 41.3 Å². The lowest BCUT2D eigenvalue weighted by Crippen LogP contribution is -1.95. The van der Waals surface area contributed by atoms with Crippen LogP contribution in [0.25, 0.3) is 28.1 Å². The van der Waals surface area contributed by atoms with Gasteiger partial charge in [-0.3, -0.25) is 5.10 Å². The van der Waals surface area contributed by atoms with Crippen LogP contribution in [0.3, 0.4) is 0 Å². The molecule has 1 aromatic heterocycles. The van der Waals surface area contributed by atoms with Crippen molar-refractivity contribution in [2.24, 2.45) is 0 Å². The Bertz CT molecular complexity index is 1280. The van der Waals surface area contributed by atoms with Gasteiger partial charge in [0.25, 0.3) is 0 Å². The number of H-pyrrole nitrogens is 1. The van der Waals surface area contributed by atoms with E-state index in [-0.39, 0.29) is 0 Å². The highest BCUT2D eigenvalue weighted by molar-refractivity contribution is 6.00. The lowest BCUT2D eigenvalue weighted by Gasteiger charge is -2.17. The lowest BCUT2D eigenvalue weighted by atomic mass is 9.87. The fourth-order valence-corrected chi connectivity index (χ4v) is 3.90. The molecule has 4 rings (SSSR count). The fraction of sp³-hybridized carbons (Fsp3) is 0.111. The molecule has 0 fully saturated rings. The van der Waals surface area contributed by atoms with Crippen molar-refractivity contribution in [1.29, 1.82) is 0 Å². The molecule has 1 heterocycles. The van der Waals surface area contributed by atoms with E-state index < -0.39 is 5.97 Å². The summed E-state index contributed by atoms with van der Waals surface area (Å²) in [6.45, 7) is 4.21. The van der Waals surface area contributed by atoms with Crippen LogP contribution in [0.2, 0.25) is 0 Å². The number of carboxylic acids is 1. The highest BCUT2D eigenvalue weighted by Crippen LogP contribution is 2.35. The van der Waals surface area contributed by atoms with Crippen molar-refractivity contribution >= 4 is 34.1 Å². The van der Waals surface area contributed by atoms with E-state index in [4.69, 9.17) is 5.11 Å². The summed E-state index contributed by atoms with van der Waals surface area (Å²) in [5.41, 5.74) is 8.69. The summed E-state index contributed by atoms with van der Waals surface area (Å²) in [4.78, 5) is 10.8. The number of carboxylic acid groups (broad SMARTS) is 1. The normalized spacial score (nSPS) is 12.3. The Morgan fingerprint density at radius 3 is 2.35 bits per heavy atom. The Labute approximate surface area is 181 Å². The van der Waals surface area contributed by atoms with Crippen LogP contribution >= 0.6 is 0 Å². The van der Waals surface area contributed by atoms with E-state index in [1.807, 2.05) is 25.1 Å². The standard InChI is InChI=1S/C27H24N2O2/c1-3-23(20-7-5-4-6-8-20)27(21-12-9-19(10-13-21)11-16-26(30)31)22-14-15-25-24(17-22)18(2)28-29-25/h4-17H,3H2,1-2H3,(H,28,29)(H,30,31)/b16-11+,27-23+. The van der Waals surface area contributed by atoms with Crippen molar-refractivity contribution in [2.75, 3.05) is 0 Å².